The van der Waals surface area contributed by atoms with Crippen molar-refractivity contribution in [1.82, 2.24) is 5.32 Å². The van der Waals surface area contributed by atoms with Gasteiger partial charge in [0.1, 0.15) is 17.4 Å². The predicted molar refractivity (Wildman–Crippen MR) is 91.4 cm³/mol. The van der Waals surface area contributed by atoms with Crippen molar-refractivity contribution in [3.8, 4) is 5.75 Å². The van der Waals surface area contributed by atoms with Crippen LogP contribution in [0.5, 0.6) is 5.75 Å². The lowest BCUT2D eigenvalue weighted by Crippen LogP contribution is -2.31. The molecule has 0 aliphatic carbocycles. The number of benzene rings is 2. The molecule has 0 aliphatic rings. The number of urea groups is 1. The smallest absolute Gasteiger partial charge is 0.340 e. The number of methoxy groups -OCH3 is 2. The molecule has 0 atom stereocenters. The number of rotatable bonds is 6. The van der Waals surface area contributed by atoms with E-state index in [9.17, 15) is 18.4 Å². The number of ether oxygens (including phenoxy) is 2. The Morgan fingerprint density at radius 1 is 1.04 bits per heavy atom. The summed E-state index contributed by atoms with van der Waals surface area (Å²) in [4.78, 5) is 23.3. The molecular weight excluding hydrogens is 346 g/mol. The van der Waals surface area contributed by atoms with E-state index in [1.165, 1.54) is 0 Å². The fourth-order valence-corrected chi connectivity index (χ4v) is 2.19. The second-order valence-corrected chi connectivity index (χ2v) is 5.28. The first-order valence-corrected chi connectivity index (χ1v) is 7.69. The van der Waals surface area contributed by atoms with Crippen LogP contribution < -0.4 is 15.4 Å². The van der Waals surface area contributed by atoms with Gasteiger partial charge in [0.05, 0.1) is 25.5 Å². The molecule has 0 radical (unpaired) electrons. The number of nitrogens with one attached hydrogen (secondary N) is 2. The van der Waals surface area contributed by atoms with Gasteiger partial charge >= 0.3 is 12.0 Å². The van der Waals surface area contributed by atoms with Crippen LogP contribution in [0, 0.1) is 11.6 Å². The van der Waals surface area contributed by atoms with Gasteiger partial charge in [-0.05, 0) is 30.2 Å². The maximum atomic E-state index is 13.8. The summed E-state index contributed by atoms with van der Waals surface area (Å²) >= 11 is 0. The van der Waals surface area contributed by atoms with Crippen molar-refractivity contribution in [2.45, 2.75) is 6.42 Å². The molecule has 0 aromatic heterocycles. The SMILES string of the molecule is COC(=O)c1cc(NC(=O)NCCc2ccc(OC)cc2)c(F)cc1F. The Kier molecular flexibility index (Phi) is 6.48. The second kappa shape index (κ2) is 8.80. The summed E-state index contributed by atoms with van der Waals surface area (Å²) in [5, 5.41) is 4.80. The molecule has 0 spiro atoms. The van der Waals surface area contributed by atoms with Crippen molar-refractivity contribution >= 4 is 17.7 Å². The zero-order valence-corrected chi connectivity index (χ0v) is 14.3. The highest BCUT2D eigenvalue weighted by molar-refractivity contribution is 5.94. The first-order valence-electron chi connectivity index (χ1n) is 7.69. The average molecular weight is 364 g/mol. The fourth-order valence-electron chi connectivity index (χ4n) is 2.19. The molecule has 2 amide bonds. The summed E-state index contributed by atoms with van der Waals surface area (Å²) in [6.45, 7) is 0.296. The number of anilines is 1. The number of halogens is 2. The molecule has 26 heavy (non-hydrogen) atoms. The maximum absolute atomic E-state index is 13.8. The first-order chi connectivity index (χ1) is 12.4. The number of carbonyl (C=O) groups excluding carboxylic acids is 2. The van der Waals surface area contributed by atoms with Gasteiger partial charge in [-0.1, -0.05) is 12.1 Å². The Bertz CT molecular complexity index is 795. The molecule has 0 aliphatic heterocycles. The molecule has 0 saturated heterocycles. The predicted octanol–water partition coefficient (Wildman–Crippen LogP) is 3.12. The van der Waals surface area contributed by atoms with Crippen LogP contribution in [-0.4, -0.2) is 32.8 Å². The van der Waals surface area contributed by atoms with E-state index in [0.717, 1.165) is 24.5 Å². The lowest BCUT2D eigenvalue weighted by atomic mass is 10.1. The summed E-state index contributed by atoms with van der Waals surface area (Å²) in [5.41, 5.74) is 0.184. The van der Waals surface area contributed by atoms with Crippen LogP contribution in [0.1, 0.15) is 15.9 Å². The Morgan fingerprint density at radius 2 is 1.73 bits per heavy atom. The van der Waals surface area contributed by atoms with Gasteiger partial charge in [0.2, 0.25) is 0 Å². The molecule has 0 saturated carbocycles. The summed E-state index contributed by atoms with van der Waals surface area (Å²) in [6, 6.07) is 8.05. The molecular formula is C18H18F2N2O4. The molecule has 138 valence electrons. The van der Waals surface area contributed by atoms with E-state index >= 15 is 0 Å². The number of esters is 1. The zero-order chi connectivity index (χ0) is 19.1. The van der Waals surface area contributed by atoms with E-state index in [0.29, 0.717) is 19.0 Å². The monoisotopic (exact) mass is 364 g/mol. The molecule has 0 bridgehead atoms. The molecule has 0 unspecified atom stereocenters. The van der Waals surface area contributed by atoms with E-state index < -0.39 is 29.2 Å². The van der Waals surface area contributed by atoms with Crippen molar-refractivity contribution < 1.29 is 27.8 Å². The van der Waals surface area contributed by atoms with Crippen LogP contribution in [0.25, 0.3) is 0 Å². The Hall–Kier alpha value is -3.16. The minimum Gasteiger partial charge on any atom is -0.497 e. The van der Waals surface area contributed by atoms with Crippen LogP contribution in [-0.2, 0) is 11.2 Å². The number of amides is 2. The first kappa shape index (κ1) is 19.2. The normalized spacial score (nSPS) is 10.2. The highest BCUT2D eigenvalue weighted by Crippen LogP contribution is 2.20. The van der Waals surface area contributed by atoms with Crippen molar-refractivity contribution in [2.75, 3.05) is 26.1 Å². The molecule has 6 nitrogen and oxygen atoms in total. The summed E-state index contributed by atoms with van der Waals surface area (Å²) in [6.07, 6.45) is 0.552. The quantitative estimate of drug-likeness (QED) is 0.772. The molecule has 2 N–H and O–H groups in total. The second-order valence-electron chi connectivity index (χ2n) is 5.28. The number of hydrogen-bond donors (Lipinski definition) is 2. The maximum Gasteiger partial charge on any atom is 0.340 e. The van der Waals surface area contributed by atoms with Crippen molar-refractivity contribution in [2.24, 2.45) is 0 Å². The number of carbonyl (C=O) groups is 2. The summed E-state index contributed by atoms with van der Waals surface area (Å²) in [7, 11) is 2.64. The van der Waals surface area contributed by atoms with Crippen LogP contribution in [0.2, 0.25) is 0 Å². The molecule has 2 aromatic rings. The van der Waals surface area contributed by atoms with Crippen LogP contribution >= 0.6 is 0 Å². The Labute approximate surface area is 149 Å². The zero-order valence-electron chi connectivity index (χ0n) is 14.3. The van der Waals surface area contributed by atoms with E-state index in [-0.39, 0.29) is 5.69 Å². The van der Waals surface area contributed by atoms with E-state index in [2.05, 4.69) is 15.4 Å². The van der Waals surface area contributed by atoms with Gasteiger partial charge in [-0.2, -0.15) is 0 Å². The van der Waals surface area contributed by atoms with Gasteiger partial charge in [0, 0.05) is 12.6 Å². The average Bonchev–Trinajstić information content (AvgIpc) is 2.64. The lowest BCUT2D eigenvalue weighted by Gasteiger charge is -2.10. The summed E-state index contributed by atoms with van der Waals surface area (Å²) < 4.78 is 36.8. The minimum absolute atomic E-state index is 0.296. The minimum atomic E-state index is -1.07. The third-order valence-electron chi connectivity index (χ3n) is 3.57. The lowest BCUT2D eigenvalue weighted by molar-refractivity contribution is 0.0595. The molecule has 2 rings (SSSR count). The number of hydrogen-bond acceptors (Lipinski definition) is 4. The van der Waals surface area contributed by atoms with Crippen LogP contribution in [0.3, 0.4) is 0 Å². The van der Waals surface area contributed by atoms with E-state index in [1.54, 1.807) is 19.2 Å². The largest absolute Gasteiger partial charge is 0.497 e. The third-order valence-corrected chi connectivity index (χ3v) is 3.57. The highest BCUT2D eigenvalue weighted by Gasteiger charge is 2.17. The fraction of sp³-hybridized carbons (Fsp3) is 0.222. The molecule has 2 aromatic carbocycles. The topological polar surface area (TPSA) is 76.7 Å². The van der Waals surface area contributed by atoms with Gasteiger partial charge < -0.3 is 20.1 Å². The Morgan fingerprint density at radius 3 is 2.35 bits per heavy atom. The molecule has 0 heterocycles. The van der Waals surface area contributed by atoms with Crippen molar-refractivity contribution in [3.05, 3.63) is 59.2 Å². The van der Waals surface area contributed by atoms with E-state index in [4.69, 9.17) is 4.74 Å². The van der Waals surface area contributed by atoms with Crippen molar-refractivity contribution in [3.63, 3.8) is 0 Å². The Balaban J connectivity index is 1.93. The summed E-state index contributed by atoms with van der Waals surface area (Å²) in [5.74, 6) is -2.31. The molecule has 0 fully saturated rings. The van der Waals surface area contributed by atoms with Crippen molar-refractivity contribution in [1.29, 1.82) is 0 Å². The third kappa shape index (κ3) is 4.92. The van der Waals surface area contributed by atoms with Crippen LogP contribution in [0.15, 0.2) is 36.4 Å². The van der Waals surface area contributed by atoms with Gasteiger partial charge in [0.25, 0.3) is 0 Å². The highest BCUT2D eigenvalue weighted by atomic mass is 19.1. The van der Waals surface area contributed by atoms with Gasteiger partial charge in [-0.15, -0.1) is 0 Å². The molecule has 8 heteroatoms. The van der Waals surface area contributed by atoms with Gasteiger partial charge in [0.15, 0.2) is 0 Å². The van der Waals surface area contributed by atoms with Crippen LogP contribution in [0.4, 0.5) is 19.3 Å². The van der Waals surface area contributed by atoms with Gasteiger partial charge in [-0.25, -0.2) is 18.4 Å². The van der Waals surface area contributed by atoms with Gasteiger partial charge in [-0.3, -0.25) is 0 Å². The standard InChI is InChI=1S/C18H18F2N2O4/c1-25-12-5-3-11(4-6-12)7-8-21-18(24)22-16-9-13(17(23)26-2)14(19)10-15(16)20/h3-6,9-10H,7-8H2,1-2H3,(H2,21,22,24). The van der Waals surface area contributed by atoms with E-state index in [1.807, 2.05) is 12.1 Å².